The topological polar surface area (TPSA) is 41.6 Å². The van der Waals surface area contributed by atoms with Crippen LogP contribution in [-0.2, 0) is 4.74 Å². The second kappa shape index (κ2) is 6.54. The number of urea groups is 1. The third-order valence-corrected chi connectivity index (χ3v) is 4.16. The maximum Gasteiger partial charge on any atom is 0.322 e. The number of hydrogen-bond acceptors (Lipinski definition) is 2. The van der Waals surface area contributed by atoms with Crippen molar-refractivity contribution in [2.75, 3.05) is 25.0 Å². The van der Waals surface area contributed by atoms with Gasteiger partial charge in [0, 0.05) is 29.7 Å². The van der Waals surface area contributed by atoms with Gasteiger partial charge in [-0.25, -0.2) is 9.18 Å². The SMILES string of the molecule is Cc1c(Br)ccc(NC(=O)N2CCCO[C@H](C)C2)c1F. The predicted molar refractivity (Wildman–Crippen MR) is 79.5 cm³/mol. The fourth-order valence-corrected chi connectivity index (χ4v) is 2.44. The fourth-order valence-electron chi connectivity index (χ4n) is 2.13. The van der Waals surface area contributed by atoms with Crippen LogP contribution in [-0.4, -0.2) is 36.7 Å². The van der Waals surface area contributed by atoms with Crippen LogP contribution in [0.15, 0.2) is 16.6 Å². The largest absolute Gasteiger partial charge is 0.377 e. The Bertz CT molecular complexity index is 510. The maximum absolute atomic E-state index is 14.1. The van der Waals surface area contributed by atoms with E-state index in [4.69, 9.17) is 4.74 Å². The zero-order valence-electron chi connectivity index (χ0n) is 11.6. The molecule has 0 bridgehead atoms. The van der Waals surface area contributed by atoms with Crippen LogP contribution in [0.3, 0.4) is 0 Å². The van der Waals surface area contributed by atoms with Crippen LogP contribution in [0.5, 0.6) is 0 Å². The lowest BCUT2D eigenvalue weighted by Crippen LogP contribution is -2.39. The van der Waals surface area contributed by atoms with Crippen molar-refractivity contribution in [2.24, 2.45) is 0 Å². The molecule has 1 aliphatic heterocycles. The molecule has 2 amide bonds. The molecule has 0 aromatic heterocycles. The Morgan fingerprint density at radius 3 is 3.05 bits per heavy atom. The number of nitrogens with one attached hydrogen (secondary N) is 1. The van der Waals surface area contributed by atoms with E-state index < -0.39 is 5.82 Å². The second-order valence-corrected chi connectivity index (χ2v) is 5.80. The van der Waals surface area contributed by atoms with Crippen molar-refractivity contribution in [3.63, 3.8) is 0 Å². The molecule has 1 saturated heterocycles. The average Bonchev–Trinajstić information content (AvgIpc) is 2.64. The monoisotopic (exact) mass is 344 g/mol. The van der Waals surface area contributed by atoms with Crippen molar-refractivity contribution in [2.45, 2.75) is 26.4 Å². The van der Waals surface area contributed by atoms with Crippen LogP contribution < -0.4 is 5.32 Å². The van der Waals surface area contributed by atoms with Gasteiger partial charge in [0.2, 0.25) is 0 Å². The van der Waals surface area contributed by atoms with Crippen LogP contribution >= 0.6 is 15.9 Å². The standard InChI is InChI=1S/C14H18BrFN2O2/c1-9-8-18(6-3-7-20-9)14(19)17-12-5-4-11(15)10(2)13(12)16/h4-5,9H,3,6-8H2,1-2H3,(H,17,19)/t9-/m1/s1. The minimum atomic E-state index is -0.410. The van der Waals surface area contributed by atoms with E-state index in [9.17, 15) is 9.18 Å². The normalized spacial score (nSPS) is 19.6. The number of carbonyl (C=O) groups excluding carboxylic acids is 1. The van der Waals surface area contributed by atoms with E-state index >= 15 is 0 Å². The summed E-state index contributed by atoms with van der Waals surface area (Å²) in [6.45, 7) is 5.37. The predicted octanol–water partition coefficient (Wildman–Crippen LogP) is 3.54. The number of benzene rings is 1. The highest BCUT2D eigenvalue weighted by atomic mass is 79.9. The smallest absolute Gasteiger partial charge is 0.322 e. The summed E-state index contributed by atoms with van der Waals surface area (Å²) in [5.41, 5.74) is 0.684. The Morgan fingerprint density at radius 2 is 2.30 bits per heavy atom. The van der Waals surface area contributed by atoms with Gasteiger partial charge in [-0.15, -0.1) is 0 Å². The Kier molecular flexibility index (Phi) is 4.99. The van der Waals surface area contributed by atoms with Crippen molar-refractivity contribution in [3.8, 4) is 0 Å². The highest BCUT2D eigenvalue weighted by molar-refractivity contribution is 9.10. The van der Waals surface area contributed by atoms with Crippen LogP contribution in [0.1, 0.15) is 18.9 Å². The lowest BCUT2D eigenvalue weighted by molar-refractivity contribution is 0.0718. The number of halogens is 2. The molecule has 1 heterocycles. The molecule has 0 aliphatic carbocycles. The van der Waals surface area contributed by atoms with Crippen molar-refractivity contribution < 1.29 is 13.9 Å². The van der Waals surface area contributed by atoms with Crippen LogP contribution in [0.4, 0.5) is 14.9 Å². The Balaban J connectivity index is 2.09. The van der Waals surface area contributed by atoms with Gasteiger partial charge in [0.25, 0.3) is 0 Å². The van der Waals surface area contributed by atoms with Gasteiger partial charge in [0.05, 0.1) is 11.8 Å². The summed E-state index contributed by atoms with van der Waals surface area (Å²) in [6.07, 6.45) is 0.791. The molecule has 110 valence electrons. The van der Waals surface area contributed by atoms with Crippen molar-refractivity contribution in [1.82, 2.24) is 4.90 Å². The molecular formula is C14H18BrFN2O2. The Morgan fingerprint density at radius 1 is 1.55 bits per heavy atom. The molecular weight excluding hydrogens is 327 g/mol. The van der Waals surface area contributed by atoms with E-state index in [1.807, 2.05) is 6.92 Å². The number of amides is 2. The summed E-state index contributed by atoms with van der Waals surface area (Å²) in [6, 6.07) is 2.99. The van der Waals surface area contributed by atoms with E-state index in [0.717, 1.165) is 6.42 Å². The summed E-state index contributed by atoms with van der Waals surface area (Å²) >= 11 is 3.26. The number of ether oxygens (including phenoxy) is 1. The average molecular weight is 345 g/mol. The molecule has 0 saturated carbocycles. The van der Waals surface area contributed by atoms with Crippen molar-refractivity contribution in [1.29, 1.82) is 0 Å². The molecule has 4 nitrogen and oxygen atoms in total. The quantitative estimate of drug-likeness (QED) is 0.846. The van der Waals surface area contributed by atoms with Crippen LogP contribution in [0.25, 0.3) is 0 Å². The maximum atomic E-state index is 14.1. The summed E-state index contributed by atoms with van der Waals surface area (Å²) in [4.78, 5) is 13.9. The number of hydrogen-bond donors (Lipinski definition) is 1. The van der Waals surface area contributed by atoms with Gasteiger partial charge >= 0.3 is 6.03 Å². The lowest BCUT2D eigenvalue weighted by Gasteiger charge is -2.22. The van der Waals surface area contributed by atoms with Gasteiger partial charge in [0.1, 0.15) is 0 Å². The molecule has 0 unspecified atom stereocenters. The fraction of sp³-hybridized carbons (Fsp3) is 0.500. The number of carbonyl (C=O) groups is 1. The summed E-state index contributed by atoms with van der Waals surface area (Å²) in [5, 5.41) is 2.63. The molecule has 2 rings (SSSR count). The van der Waals surface area contributed by atoms with Gasteiger partial charge in [0.15, 0.2) is 5.82 Å². The van der Waals surface area contributed by atoms with Crippen LogP contribution in [0, 0.1) is 12.7 Å². The number of rotatable bonds is 1. The molecule has 1 aromatic carbocycles. The first-order valence-corrected chi connectivity index (χ1v) is 7.40. The van der Waals surface area contributed by atoms with E-state index in [2.05, 4.69) is 21.2 Å². The summed E-state index contributed by atoms with van der Waals surface area (Å²) in [7, 11) is 0. The molecule has 1 N–H and O–H groups in total. The lowest BCUT2D eigenvalue weighted by atomic mass is 10.2. The highest BCUT2D eigenvalue weighted by Crippen LogP contribution is 2.25. The van der Waals surface area contributed by atoms with Crippen molar-refractivity contribution >= 4 is 27.6 Å². The van der Waals surface area contributed by atoms with E-state index in [1.165, 1.54) is 0 Å². The van der Waals surface area contributed by atoms with Gasteiger partial charge in [-0.2, -0.15) is 0 Å². The molecule has 1 atom stereocenters. The number of nitrogens with zero attached hydrogens (tertiary/aromatic N) is 1. The first-order chi connectivity index (χ1) is 9.49. The van der Waals surface area contributed by atoms with E-state index in [1.54, 1.807) is 24.0 Å². The summed E-state index contributed by atoms with van der Waals surface area (Å²) in [5.74, 6) is -0.410. The summed E-state index contributed by atoms with van der Waals surface area (Å²) < 4.78 is 20.2. The number of anilines is 1. The second-order valence-electron chi connectivity index (χ2n) is 4.95. The molecule has 1 aliphatic rings. The molecule has 6 heteroatoms. The van der Waals surface area contributed by atoms with Gasteiger partial charge in [-0.05, 0) is 32.4 Å². The minimum Gasteiger partial charge on any atom is -0.377 e. The van der Waals surface area contributed by atoms with Crippen molar-refractivity contribution in [3.05, 3.63) is 28.0 Å². The Labute approximate surface area is 126 Å². The third kappa shape index (κ3) is 3.49. The van der Waals surface area contributed by atoms with Gasteiger partial charge in [-0.1, -0.05) is 15.9 Å². The molecule has 0 radical (unpaired) electrons. The first-order valence-electron chi connectivity index (χ1n) is 6.61. The highest BCUT2D eigenvalue weighted by Gasteiger charge is 2.21. The van der Waals surface area contributed by atoms with Gasteiger partial charge < -0.3 is 15.0 Å². The zero-order chi connectivity index (χ0) is 14.7. The van der Waals surface area contributed by atoms with Gasteiger partial charge in [-0.3, -0.25) is 0 Å². The zero-order valence-corrected chi connectivity index (χ0v) is 13.2. The molecule has 20 heavy (non-hydrogen) atoms. The first kappa shape index (κ1) is 15.3. The van der Waals surface area contributed by atoms with E-state index in [-0.39, 0.29) is 17.8 Å². The van der Waals surface area contributed by atoms with E-state index in [0.29, 0.717) is 29.7 Å². The minimum absolute atomic E-state index is 0.000231. The van der Waals surface area contributed by atoms with Crippen LogP contribution in [0.2, 0.25) is 0 Å². The Hall–Kier alpha value is -1.14. The molecule has 1 fully saturated rings. The third-order valence-electron chi connectivity index (χ3n) is 3.30. The molecule has 0 spiro atoms. The molecule has 1 aromatic rings.